The van der Waals surface area contributed by atoms with Gasteiger partial charge in [0.25, 0.3) is 0 Å². The first kappa shape index (κ1) is 15.1. The van der Waals surface area contributed by atoms with Gasteiger partial charge in [-0.25, -0.2) is 8.42 Å². The van der Waals surface area contributed by atoms with Gasteiger partial charge >= 0.3 is 0 Å². The molecule has 0 spiro atoms. The van der Waals surface area contributed by atoms with E-state index in [1.54, 1.807) is 0 Å². The van der Waals surface area contributed by atoms with Crippen LogP contribution in [0.2, 0.25) is 0 Å². The lowest BCUT2D eigenvalue weighted by atomic mass is 10.2. The van der Waals surface area contributed by atoms with Gasteiger partial charge in [0.1, 0.15) is 11.5 Å². The van der Waals surface area contributed by atoms with Crippen molar-refractivity contribution in [2.45, 2.75) is 0 Å². The second-order valence-electron chi connectivity index (χ2n) is 3.68. The minimum atomic E-state index is -3.77. The first-order valence-corrected chi connectivity index (χ1v) is 7.04. The number of carboxylic acids is 1. The summed E-state index contributed by atoms with van der Waals surface area (Å²) in [5.41, 5.74) is 0.106. The Kier molecular flexibility index (Phi) is 4.60. The van der Waals surface area contributed by atoms with Crippen LogP contribution in [0.4, 0.5) is 5.69 Å². The fraction of sp³-hybridized carbons (Fsp3) is 0.364. The van der Waals surface area contributed by atoms with Crippen LogP contribution in [0.3, 0.4) is 0 Å². The Bertz CT molecular complexity index is 569. The average Bonchev–Trinajstić information content (AvgIpc) is 2.33. The second-order valence-corrected chi connectivity index (χ2v) is 5.59. The summed E-state index contributed by atoms with van der Waals surface area (Å²) >= 11 is 0. The van der Waals surface area contributed by atoms with Crippen LogP contribution < -0.4 is 18.9 Å². The number of ether oxygens (including phenoxy) is 2. The van der Waals surface area contributed by atoms with Crippen molar-refractivity contribution in [2.24, 2.45) is 0 Å². The standard InChI is InChI=1S/C11H15NO6S/c1-17-8-4-5-9(10(6-8)18-2)12(7-11(13)14)19(3,15)16/h4-6H,7H2,1-3H3,(H,13,14)/p-1. The van der Waals surface area contributed by atoms with Crippen LogP contribution in [0.5, 0.6) is 11.5 Å². The molecule has 0 amide bonds. The highest BCUT2D eigenvalue weighted by molar-refractivity contribution is 7.92. The van der Waals surface area contributed by atoms with E-state index in [2.05, 4.69) is 0 Å². The Labute approximate surface area is 111 Å². The number of benzene rings is 1. The zero-order chi connectivity index (χ0) is 14.6. The Hall–Kier alpha value is -1.96. The van der Waals surface area contributed by atoms with Crippen LogP contribution in [0.25, 0.3) is 0 Å². The summed E-state index contributed by atoms with van der Waals surface area (Å²) in [4.78, 5) is 10.7. The van der Waals surface area contributed by atoms with Gasteiger partial charge in [-0.3, -0.25) is 4.31 Å². The minimum absolute atomic E-state index is 0.106. The topological polar surface area (TPSA) is 96.0 Å². The van der Waals surface area contributed by atoms with E-state index in [0.717, 1.165) is 6.26 Å². The van der Waals surface area contributed by atoms with Crippen molar-refractivity contribution in [1.29, 1.82) is 0 Å². The molecule has 0 aliphatic carbocycles. The third-order valence-electron chi connectivity index (χ3n) is 2.33. The molecule has 106 valence electrons. The van der Waals surface area contributed by atoms with Crippen molar-refractivity contribution < 1.29 is 27.8 Å². The van der Waals surface area contributed by atoms with Crippen molar-refractivity contribution >= 4 is 21.7 Å². The lowest BCUT2D eigenvalue weighted by Gasteiger charge is -2.24. The molecular formula is C11H14NO6S-. The highest BCUT2D eigenvalue weighted by Crippen LogP contribution is 2.33. The number of carbonyl (C=O) groups excluding carboxylic acids is 1. The predicted molar refractivity (Wildman–Crippen MR) is 66.7 cm³/mol. The maximum Gasteiger partial charge on any atom is 0.232 e. The SMILES string of the molecule is COc1ccc(N(CC(=O)[O-])S(C)(=O)=O)c(OC)c1. The Morgan fingerprint density at radius 3 is 2.37 bits per heavy atom. The molecule has 0 unspecified atom stereocenters. The number of rotatable bonds is 6. The van der Waals surface area contributed by atoms with Crippen molar-refractivity contribution in [3.63, 3.8) is 0 Å². The largest absolute Gasteiger partial charge is 0.548 e. The molecule has 1 rings (SSSR count). The molecule has 0 aliphatic rings. The van der Waals surface area contributed by atoms with Crippen LogP contribution in [0, 0.1) is 0 Å². The summed E-state index contributed by atoms with van der Waals surface area (Å²) in [5.74, 6) is -0.864. The molecule has 1 aromatic rings. The van der Waals surface area contributed by atoms with E-state index in [0.29, 0.717) is 10.1 Å². The fourth-order valence-electron chi connectivity index (χ4n) is 1.49. The third-order valence-corrected chi connectivity index (χ3v) is 3.46. The number of methoxy groups -OCH3 is 2. The van der Waals surface area contributed by atoms with E-state index in [4.69, 9.17) is 9.47 Å². The molecule has 7 nitrogen and oxygen atoms in total. The third kappa shape index (κ3) is 3.75. The van der Waals surface area contributed by atoms with Crippen LogP contribution in [0.1, 0.15) is 0 Å². The van der Waals surface area contributed by atoms with Gasteiger partial charge in [0.15, 0.2) is 0 Å². The van der Waals surface area contributed by atoms with Gasteiger partial charge in [0.2, 0.25) is 10.0 Å². The fourth-order valence-corrected chi connectivity index (χ4v) is 2.34. The number of nitrogens with zero attached hydrogens (tertiary/aromatic N) is 1. The van der Waals surface area contributed by atoms with Gasteiger partial charge in [-0.15, -0.1) is 0 Å². The van der Waals surface area contributed by atoms with Crippen molar-refractivity contribution in [1.82, 2.24) is 0 Å². The molecule has 0 saturated heterocycles. The van der Waals surface area contributed by atoms with Crippen LogP contribution in [-0.2, 0) is 14.8 Å². The maximum atomic E-state index is 11.6. The highest BCUT2D eigenvalue weighted by Gasteiger charge is 2.21. The van der Waals surface area contributed by atoms with Crippen LogP contribution in [0.15, 0.2) is 18.2 Å². The Morgan fingerprint density at radius 2 is 1.95 bits per heavy atom. The minimum Gasteiger partial charge on any atom is -0.548 e. The van der Waals surface area contributed by atoms with E-state index >= 15 is 0 Å². The predicted octanol–water partition coefficient (Wildman–Crippen LogP) is -0.780. The summed E-state index contributed by atoms with van der Waals surface area (Å²) in [5, 5.41) is 10.7. The summed E-state index contributed by atoms with van der Waals surface area (Å²) in [6.07, 6.45) is 0.902. The van der Waals surface area contributed by atoms with Gasteiger partial charge in [-0.2, -0.15) is 0 Å². The van der Waals surface area contributed by atoms with E-state index in [9.17, 15) is 18.3 Å². The Balaban J connectivity index is 3.33. The number of carboxylic acid groups (broad SMARTS) is 1. The first-order chi connectivity index (χ1) is 8.79. The van der Waals surface area contributed by atoms with E-state index in [1.165, 1.54) is 32.4 Å². The molecule has 0 atom stereocenters. The van der Waals surface area contributed by atoms with Gasteiger partial charge in [-0.05, 0) is 12.1 Å². The second kappa shape index (κ2) is 5.79. The quantitative estimate of drug-likeness (QED) is 0.681. The van der Waals surface area contributed by atoms with Crippen molar-refractivity contribution in [3.05, 3.63) is 18.2 Å². The summed E-state index contributed by atoms with van der Waals surface area (Å²) < 4.78 is 34.0. The lowest BCUT2D eigenvalue weighted by Crippen LogP contribution is -2.41. The Morgan fingerprint density at radius 1 is 1.32 bits per heavy atom. The molecule has 0 bridgehead atoms. The lowest BCUT2D eigenvalue weighted by molar-refractivity contribution is -0.303. The van der Waals surface area contributed by atoms with Gasteiger partial charge in [0, 0.05) is 6.07 Å². The molecule has 0 fully saturated rings. The summed E-state index contributed by atoms with van der Waals surface area (Å²) in [6, 6.07) is 4.37. The first-order valence-electron chi connectivity index (χ1n) is 5.19. The number of sulfonamides is 1. The molecule has 0 aliphatic heterocycles. The molecule has 1 aromatic carbocycles. The normalized spacial score (nSPS) is 10.9. The highest BCUT2D eigenvalue weighted by atomic mass is 32.2. The molecule has 0 N–H and O–H groups in total. The zero-order valence-electron chi connectivity index (χ0n) is 10.7. The zero-order valence-corrected chi connectivity index (χ0v) is 11.6. The van der Waals surface area contributed by atoms with Gasteiger partial charge < -0.3 is 19.4 Å². The summed E-state index contributed by atoms with van der Waals surface area (Å²) in [6.45, 7) is -0.790. The van der Waals surface area contributed by atoms with E-state index in [-0.39, 0.29) is 11.4 Å². The average molecular weight is 288 g/mol. The van der Waals surface area contributed by atoms with Crippen LogP contribution in [-0.4, -0.2) is 41.4 Å². The van der Waals surface area contributed by atoms with E-state index in [1.807, 2.05) is 0 Å². The van der Waals surface area contributed by atoms with Crippen molar-refractivity contribution in [3.8, 4) is 11.5 Å². The van der Waals surface area contributed by atoms with Crippen LogP contribution >= 0.6 is 0 Å². The summed E-state index contributed by atoms with van der Waals surface area (Å²) in [7, 11) is -0.980. The molecule has 0 radical (unpaired) electrons. The van der Waals surface area contributed by atoms with E-state index < -0.39 is 22.5 Å². The number of carbonyl (C=O) groups is 1. The molecular weight excluding hydrogens is 274 g/mol. The van der Waals surface area contributed by atoms with Gasteiger partial charge in [-0.1, -0.05) is 0 Å². The number of aliphatic carboxylic acids is 1. The van der Waals surface area contributed by atoms with Crippen molar-refractivity contribution in [2.75, 3.05) is 31.3 Å². The molecule has 19 heavy (non-hydrogen) atoms. The number of anilines is 1. The maximum absolute atomic E-state index is 11.6. The monoisotopic (exact) mass is 288 g/mol. The van der Waals surface area contributed by atoms with Gasteiger partial charge in [0.05, 0.1) is 38.7 Å². The molecule has 0 aromatic heterocycles. The molecule has 8 heteroatoms. The number of hydrogen-bond acceptors (Lipinski definition) is 6. The molecule has 0 heterocycles. The molecule has 0 saturated carbocycles. The smallest absolute Gasteiger partial charge is 0.232 e. The number of hydrogen-bond donors (Lipinski definition) is 0.